The highest BCUT2D eigenvalue weighted by molar-refractivity contribution is 8.04. The molecule has 0 radical (unpaired) electrons. The summed E-state index contributed by atoms with van der Waals surface area (Å²) in [5.74, 6) is 1.81. The molecule has 4 heteroatoms. The standard InChI is InChI=1S/C19H27NO2S/c1-6-12(3)15-8-14(9-16(18(15)21)13(4)7-2)10-17-19(22)20(5)11-23-17/h8-10,12-13,21H,6-7,11H2,1-5H3/b17-10-. The number of carbonyl (C=O) groups excluding carboxylic acids is 1. The van der Waals surface area contributed by atoms with Crippen molar-refractivity contribution in [1.82, 2.24) is 4.90 Å². The van der Waals surface area contributed by atoms with E-state index in [4.69, 9.17) is 0 Å². The number of phenols is 1. The number of phenolic OH excluding ortho intramolecular Hbond substituents is 1. The second-order valence-corrected chi connectivity index (χ2v) is 7.44. The third kappa shape index (κ3) is 3.74. The summed E-state index contributed by atoms with van der Waals surface area (Å²) in [7, 11) is 1.82. The van der Waals surface area contributed by atoms with Crippen molar-refractivity contribution in [2.45, 2.75) is 52.4 Å². The topological polar surface area (TPSA) is 40.5 Å². The van der Waals surface area contributed by atoms with Gasteiger partial charge in [0.2, 0.25) is 0 Å². The highest BCUT2D eigenvalue weighted by Gasteiger charge is 2.24. The summed E-state index contributed by atoms with van der Waals surface area (Å²) in [6, 6.07) is 4.07. The highest BCUT2D eigenvalue weighted by atomic mass is 32.2. The average Bonchev–Trinajstić information content (AvgIpc) is 2.86. The number of aromatic hydroxyl groups is 1. The molecule has 1 heterocycles. The Morgan fingerprint density at radius 2 is 1.74 bits per heavy atom. The molecule has 0 aliphatic carbocycles. The fourth-order valence-electron chi connectivity index (χ4n) is 2.71. The minimum Gasteiger partial charge on any atom is -0.507 e. The molecular weight excluding hydrogens is 306 g/mol. The molecule has 1 fully saturated rings. The molecule has 1 amide bonds. The molecule has 1 saturated heterocycles. The van der Waals surface area contributed by atoms with Crippen molar-refractivity contribution in [2.75, 3.05) is 12.9 Å². The van der Waals surface area contributed by atoms with E-state index in [2.05, 4.69) is 27.7 Å². The van der Waals surface area contributed by atoms with E-state index < -0.39 is 0 Å². The van der Waals surface area contributed by atoms with Crippen LogP contribution < -0.4 is 0 Å². The Bertz CT molecular complexity index is 593. The molecular formula is C19H27NO2S. The maximum Gasteiger partial charge on any atom is 0.260 e. The van der Waals surface area contributed by atoms with Gasteiger partial charge in [0.1, 0.15) is 5.75 Å². The van der Waals surface area contributed by atoms with Crippen molar-refractivity contribution < 1.29 is 9.90 Å². The smallest absolute Gasteiger partial charge is 0.260 e. The van der Waals surface area contributed by atoms with Crippen molar-refractivity contribution in [3.63, 3.8) is 0 Å². The lowest BCUT2D eigenvalue weighted by Crippen LogP contribution is -2.18. The Morgan fingerprint density at radius 3 is 2.13 bits per heavy atom. The predicted molar refractivity (Wildman–Crippen MR) is 98.7 cm³/mol. The Morgan fingerprint density at radius 1 is 1.22 bits per heavy atom. The van der Waals surface area contributed by atoms with Crippen LogP contribution in [0.4, 0.5) is 0 Å². The third-order valence-corrected chi connectivity index (χ3v) is 5.87. The summed E-state index contributed by atoms with van der Waals surface area (Å²) < 4.78 is 0. The van der Waals surface area contributed by atoms with Crippen molar-refractivity contribution in [3.8, 4) is 5.75 Å². The molecule has 2 atom stereocenters. The van der Waals surface area contributed by atoms with E-state index in [1.807, 2.05) is 25.3 Å². The normalized spacial score (nSPS) is 19.4. The summed E-state index contributed by atoms with van der Waals surface area (Å²) >= 11 is 1.57. The Labute approximate surface area is 143 Å². The first-order chi connectivity index (χ1) is 10.9. The number of nitrogens with zero attached hydrogens (tertiary/aromatic N) is 1. The van der Waals surface area contributed by atoms with E-state index in [9.17, 15) is 9.90 Å². The molecule has 1 aromatic carbocycles. The number of rotatable bonds is 5. The number of carbonyl (C=O) groups is 1. The molecule has 1 aromatic rings. The number of likely N-dealkylation sites (N-methyl/N-ethyl adjacent to an activating group) is 1. The lowest BCUT2D eigenvalue weighted by atomic mass is 9.88. The molecule has 1 N–H and O–H groups in total. The highest BCUT2D eigenvalue weighted by Crippen LogP contribution is 2.38. The lowest BCUT2D eigenvalue weighted by Gasteiger charge is -2.19. The third-order valence-electron chi connectivity index (χ3n) is 4.75. The molecule has 0 spiro atoms. The van der Waals surface area contributed by atoms with Gasteiger partial charge < -0.3 is 10.0 Å². The van der Waals surface area contributed by atoms with Gasteiger partial charge in [0.15, 0.2) is 0 Å². The van der Waals surface area contributed by atoms with E-state index in [-0.39, 0.29) is 5.91 Å². The van der Waals surface area contributed by atoms with Crippen molar-refractivity contribution in [3.05, 3.63) is 33.7 Å². The largest absolute Gasteiger partial charge is 0.507 e. The van der Waals surface area contributed by atoms with E-state index in [0.29, 0.717) is 23.5 Å². The SMILES string of the molecule is CCC(C)c1cc(/C=C2\SCN(C)C2=O)cc(C(C)CC)c1O. The van der Waals surface area contributed by atoms with Crippen LogP contribution in [0.25, 0.3) is 6.08 Å². The first-order valence-corrected chi connectivity index (χ1v) is 9.34. The molecule has 23 heavy (non-hydrogen) atoms. The maximum atomic E-state index is 12.1. The molecule has 1 aliphatic rings. The molecule has 0 bridgehead atoms. The Kier molecular flexibility index (Phi) is 5.79. The first-order valence-electron chi connectivity index (χ1n) is 8.35. The van der Waals surface area contributed by atoms with Gasteiger partial charge in [-0.15, -0.1) is 0 Å². The fraction of sp³-hybridized carbons (Fsp3) is 0.526. The maximum absolute atomic E-state index is 12.1. The summed E-state index contributed by atoms with van der Waals surface area (Å²) in [5, 5.41) is 10.7. The summed E-state index contributed by atoms with van der Waals surface area (Å²) in [5.41, 5.74) is 2.99. The van der Waals surface area contributed by atoms with Gasteiger partial charge >= 0.3 is 0 Å². The van der Waals surface area contributed by atoms with Gasteiger partial charge in [-0.2, -0.15) is 0 Å². The molecule has 126 valence electrons. The van der Waals surface area contributed by atoms with E-state index in [1.54, 1.807) is 16.7 Å². The summed E-state index contributed by atoms with van der Waals surface area (Å²) in [6.45, 7) is 8.53. The average molecular weight is 333 g/mol. The first kappa shape index (κ1) is 17.9. The molecule has 3 nitrogen and oxygen atoms in total. The minimum atomic E-state index is 0.0817. The van der Waals surface area contributed by atoms with Crippen LogP contribution in [0.1, 0.15) is 69.1 Å². The number of hydrogen-bond donors (Lipinski definition) is 1. The number of thioether (sulfide) groups is 1. The molecule has 0 aromatic heterocycles. The number of hydrogen-bond acceptors (Lipinski definition) is 3. The van der Waals surface area contributed by atoms with Crippen molar-refractivity contribution >= 4 is 23.7 Å². The fourth-order valence-corrected chi connectivity index (χ4v) is 3.66. The van der Waals surface area contributed by atoms with Crippen LogP contribution >= 0.6 is 11.8 Å². The van der Waals surface area contributed by atoms with Crippen molar-refractivity contribution in [2.24, 2.45) is 0 Å². The van der Waals surface area contributed by atoms with Gasteiger partial charge in [0, 0.05) is 7.05 Å². The van der Waals surface area contributed by atoms with Gasteiger partial charge in [0.05, 0.1) is 10.8 Å². The van der Waals surface area contributed by atoms with Crippen LogP contribution in [-0.4, -0.2) is 28.8 Å². The van der Waals surface area contributed by atoms with Gasteiger partial charge in [0.25, 0.3) is 5.91 Å². The Balaban J connectivity index is 2.51. The molecule has 2 unspecified atom stereocenters. The van der Waals surface area contributed by atoms with Crippen LogP contribution in [0.5, 0.6) is 5.75 Å². The van der Waals surface area contributed by atoms with Crippen LogP contribution in [0.3, 0.4) is 0 Å². The van der Waals surface area contributed by atoms with Gasteiger partial charge in [-0.1, -0.05) is 39.5 Å². The van der Waals surface area contributed by atoms with Crippen LogP contribution in [0.15, 0.2) is 17.0 Å². The molecule has 2 rings (SSSR count). The zero-order chi connectivity index (χ0) is 17.1. The zero-order valence-electron chi connectivity index (χ0n) is 14.7. The van der Waals surface area contributed by atoms with E-state index >= 15 is 0 Å². The van der Waals surface area contributed by atoms with Crippen LogP contribution in [-0.2, 0) is 4.79 Å². The number of benzene rings is 1. The minimum absolute atomic E-state index is 0.0817. The van der Waals surface area contributed by atoms with Crippen molar-refractivity contribution in [1.29, 1.82) is 0 Å². The molecule has 1 aliphatic heterocycles. The zero-order valence-corrected chi connectivity index (χ0v) is 15.5. The monoisotopic (exact) mass is 333 g/mol. The summed E-state index contributed by atoms with van der Waals surface area (Å²) in [4.78, 5) is 14.6. The van der Waals surface area contributed by atoms with Gasteiger partial charge in [-0.3, -0.25) is 4.79 Å². The second-order valence-electron chi connectivity index (χ2n) is 6.45. The predicted octanol–water partition coefficient (Wildman–Crippen LogP) is 4.92. The second kappa shape index (κ2) is 7.43. The Hall–Kier alpha value is -1.42. The summed E-state index contributed by atoms with van der Waals surface area (Å²) in [6.07, 6.45) is 3.92. The van der Waals surface area contributed by atoms with E-state index in [1.165, 1.54) is 0 Å². The van der Waals surface area contributed by atoms with Gasteiger partial charge in [-0.05, 0) is 59.6 Å². The van der Waals surface area contributed by atoms with E-state index in [0.717, 1.165) is 34.4 Å². The molecule has 0 saturated carbocycles. The van der Waals surface area contributed by atoms with Crippen LogP contribution in [0.2, 0.25) is 0 Å². The lowest BCUT2D eigenvalue weighted by molar-refractivity contribution is -0.123. The van der Waals surface area contributed by atoms with Crippen LogP contribution in [0, 0.1) is 0 Å². The number of amides is 1. The quantitative estimate of drug-likeness (QED) is 0.777. The van der Waals surface area contributed by atoms with Gasteiger partial charge in [-0.25, -0.2) is 0 Å².